The standard InChI is InChI=1S/C27H34N4O4S/c1-17-14-21(36(34,35)20-8-6-18(16-32)7-9-20)10-11-23(17)29-26-28-15-22-24(30-26)31(19-4-2-3-5-19)25(33)27(22)12-13-27/h10-11,14-15,18-20,32H,2-9,12-13,16H2,1H3,(H,28,29,30). The van der Waals surface area contributed by atoms with E-state index >= 15 is 0 Å². The molecule has 1 amide bonds. The zero-order valence-corrected chi connectivity index (χ0v) is 21.6. The molecule has 3 fully saturated rings. The molecule has 3 aliphatic carbocycles. The van der Waals surface area contributed by atoms with E-state index in [-0.39, 0.29) is 24.5 Å². The van der Waals surface area contributed by atoms with Gasteiger partial charge >= 0.3 is 0 Å². The predicted molar refractivity (Wildman–Crippen MR) is 137 cm³/mol. The molecule has 0 saturated heterocycles. The third kappa shape index (κ3) is 3.82. The minimum Gasteiger partial charge on any atom is -0.396 e. The molecule has 1 aromatic carbocycles. The number of benzene rings is 1. The van der Waals surface area contributed by atoms with E-state index in [1.54, 1.807) is 24.4 Å². The van der Waals surface area contributed by atoms with Crippen LogP contribution in [0.15, 0.2) is 29.3 Å². The Bertz CT molecular complexity index is 1290. The minimum atomic E-state index is -3.43. The number of carbonyl (C=O) groups excluding carboxylic acids is 1. The van der Waals surface area contributed by atoms with Gasteiger partial charge in [-0.2, -0.15) is 4.98 Å². The van der Waals surface area contributed by atoms with Crippen LogP contribution in [0.4, 0.5) is 17.5 Å². The van der Waals surface area contributed by atoms with Gasteiger partial charge in [0.05, 0.1) is 15.6 Å². The quantitative estimate of drug-likeness (QED) is 0.600. The maximum absolute atomic E-state index is 13.3. The summed E-state index contributed by atoms with van der Waals surface area (Å²) in [5.74, 6) is 1.57. The first-order chi connectivity index (χ1) is 17.3. The van der Waals surface area contributed by atoms with Crippen molar-refractivity contribution < 1.29 is 18.3 Å². The minimum absolute atomic E-state index is 0.130. The van der Waals surface area contributed by atoms with Gasteiger partial charge < -0.3 is 10.4 Å². The number of anilines is 3. The van der Waals surface area contributed by atoms with Gasteiger partial charge in [-0.1, -0.05) is 12.8 Å². The molecule has 2 N–H and O–H groups in total. The number of aliphatic hydroxyl groups is 1. The SMILES string of the molecule is Cc1cc(S(=O)(=O)C2CCC(CO)CC2)ccc1Nc1ncc2c(n1)N(C1CCCC1)C(=O)C21CC1. The molecule has 36 heavy (non-hydrogen) atoms. The number of rotatable bonds is 6. The molecule has 2 heterocycles. The van der Waals surface area contributed by atoms with Crippen LogP contribution in [0.25, 0.3) is 0 Å². The summed E-state index contributed by atoms with van der Waals surface area (Å²) >= 11 is 0. The number of hydrogen-bond donors (Lipinski definition) is 2. The van der Waals surface area contributed by atoms with E-state index in [0.29, 0.717) is 23.7 Å². The number of aliphatic hydroxyl groups excluding tert-OH is 1. The summed E-state index contributed by atoms with van der Waals surface area (Å²) in [5, 5.41) is 12.2. The summed E-state index contributed by atoms with van der Waals surface area (Å²) in [6, 6.07) is 5.37. The second-order valence-corrected chi connectivity index (χ2v) is 13.3. The third-order valence-electron chi connectivity index (χ3n) is 8.84. The molecule has 3 saturated carbocycles. The molecule has 4 aliphatic rings. The van der Waals surface area contributed by atoms with Crippen LogP contribution in [0.3, 0.4) is 0 Å². The van der Waals surface area contributed by atoms with Gasteiger partial charge in [0.15, 0.2) is 9.84 Å². The zero-order valence-electron chi connectivity index (χ0n) is 20.7. The Morgan fingerprint density at radius 1 is 1.11 bits per heavy atom. The molecule has 6 rings (SSSR count). The van der Waals surface area contributed by atoms with Crippen LogP contribution < -0.4 is 10.2 Å². The molecule has 192 valence electrons. The van der Waals surface area contributed by atoms with E-state index in [2.05, 4.69) is 10.3 Å². The Morgan fingerprint density at radius 2 is 1.83 bits per heavy atom. The molecule has 0 atom stereocenters. The van der Waals surface area contributed by atoms with Gasteiger partial charge in [-0.15, -0.1) is 0 Å². The Hall–Kier alpha value is -2.52. The smallest absolute Gasteiger partial charge is 0.239 e. The molecule has 0 radical (unpaired) electrons. The summed E-state index contributed by atoms with van der Waals surface area (Å²) in [5.41, 5.74) is 2.10. The summed E-state index contributed by atoms with van der Waals surface area (Å²) in [4.78, 5) is 24.9. The van der Waals surface area contributed by atoms with Gasteiger partial charge in [0.25, 0.3) is 0 Å². The van der Waals surface area contributed by atoms with Crippen molar-refractivity contribution in [2.45, 2.75) is 92.7 Å². The van der Waals surface area contributed by atoms with Crippen molar-refractivity contribution in [3.63, 3.8) is 0 Å². The number of aryl methyl sites for hydroxylation is 1. The Balaban J connectivity index is 1.24. The third-order valence-corrected chi connectivity index (χ3v) is 11.1. The number of carbonyl (C=O) groups is 1. The fourth-order valence-electron chi connectivity index (χ4n) is 6.40. The molecular weight excluding hydrogens is 476 g/mol. The van der Waals surface area contributed by atoms with Gasteiger partial charge in [-0.05, 0) is 88.0 Å². The summed E-state index contributed by atoms with van der Waals surface area (Å²) in [6.07, 6.45) is 10.5. The first-order valence-corrected chi connectivity index (χ1v) is 14.8. The largest absolute Gasteiger partial charge is 0.396 e. The highest BCUT2D eigenvalue weighted by atomic mass is 32.2. The lowest BCUT2D eigenvalue weighted by Gasteiger charge is -2.27. The maximum atomic E-state index is 13.3. The van der Waals surface area contributed by atoms with Crippen LogP contribution in [-0.4, -0.2) is 47.3 Å². The van der Waals surface area contributed by atoms with Crippen LogP contribution in [0.2, 0.25) is 0 Å². The summed E-state index contributed by atoms with van der Waals surface area (Å²) < 4.78 is 26.5. The zero-order chi connectivity index (χ0) is 25.1. The maximum Gasteiger partial charge on any atom is 0.239 e. The molecular formula is C27H34N4O4S. The van der Waals surface area contributed by atoms with E-state index in [4.69, 9.17) is 4.98 Å². The second kappa shape index (κ2) is 8.80. The van der Waals surface area contributed by atoms with Crippen LogP contribution in [0.1, 0.15) is 75.3 Å². The van der Waals surface area contributed by atoms with Gasteiger partial charge in [0.1, 0.15) is 5.82 Å². The van der Waals surface area contributed by atoms with E-state index in [1.807, 2.05) is 11.8 Å². The normalized spacial score (nSPS) is 25.4. The van der Waals surface area contributed by atoms with Crippen LogP contribution in [-0.2, 0) is 20.0 Å². The highest BCUT2D eigenvalue weighted by molar-refractivity contribution is 7.92. The van der Waals surface area contributed by atoms with Crippen LogP contribution in [0, 0.1) is 12.8 Å². The highest BCUT2D eigenvalue weighted by Crippen LogP contribution is 2.57. The number of nitrogens with zero attached hydrogens (tertiary/aromatic N) is 3. The van der Waals surface area contributed by atoms with Crippen molar-refractivity contribution >= 4 is 33.2 Å². The monoisotopic (exact) mass is 510 g/mol. The predicted octanol–water partition coefficient (Wildman–Crippen LogP) is 4.17. The van der Waals surface area contributed by atoms with Crippen LogP contribution >= 0.6 is 0 Å². The Morgan fingerprint density at radius 3 is 2.47 bits per heavy atom. The van der Waals surface area contributed by atoms with E-state index in [0.717, 1.165) is 74.0 Å². The molecule has 9 heteroatoms. The van der Waals surface area contributed by atoms with E-state index in [1.165, 1.54) is 0 Å². The van der Waals surface area contributed by atoms with Crippen molar-refractivity contribution in [3.05, 3.63) is 35.5 Å². The Kier molecular flexibility index (Phi) is 5.83. The summed E-state index contributed by atoms with van der Waals surface area (Å²) in [7, 11) is -3.43. The fourth-order valence-corrected chi connectivity index (χ4v) is 8.27. The first-order valence-electron chi connectivity index (χ1n) is 13.3. The number of amides is 1. The van der Waals surface area contributed by atoms with Crippen molar-refractivity contribution in [2.24, 2.45) is 5.92 Å². The molecule has 2 aromatic rings. The Labute approximate surface area is 212 Å². The van der Waals surface area contributed by atoms with Crippen LogP contribution in [0.5, 0.6) is 0 Å². The van der Waals surface area contributed by atoms with Crippen molar-refractivity contribution in [1.29, 1.82) is 0 Å². The number of nitrogens with one attached hydrogen (secondary N) is 1. The van der Waals surface area contributed by atoms with Gasteiger partial charge in [0, 0.05) is 30.1 Å². The van der Waals surface area contributed by atoms with Crippen molar-refractivity contribution in [3.8, 4) is 0 Å². The molecule has 1 aromatic heterocycles. The van der Waals surface area contributed by atoms with E-state index in [9.17, 15) is 18.3 Å². The fraction of sp³-hybridized carbons (Fsp3) is 0.593. The topological polar surface area (TPSA) is 112 Å². The molecule has 0 unspecified atom stereocenters. The van der Waals surface area contributed by atoms with Gasteiger partial charge in [-0.25, -0.2) is 13.4 Å². The highest BCUT2D eigenvalue weighted by Gasteiger charge is 2.61. The van der Waals surface area contributed by atoms with Gasteiger partial charge in [0.2, 0.25) is 11.9 Å². The average molecular weight is 511 g/mol. The lowest BCUT2D eigenvalue weighted by molar-refractivity contribution is -0.120. The van der Waals surface area contributed by atoms with Crippen molar-refractivity contribution in [2.75, 3.05) is 16.8 Å². The van der Waals surface area contributed by atoms with E-state index < -0.39 is 20.5 Å². The lowest BCUT2D eigenvalue weighted by Crippen LogP contribution is -2.39. The number of sulfone groups is 1. The first kappa shape index (κ1) is 23.9. The molecule has 8 nitrogen and oxygen atoms in total. The number of hydrogen-bond acceptors (Lipinski definition) is 7. The van der Waals surface area contributed by atoms with Crippen molar-refractivity contribution in [1.82, 2.24) is 9.97 Å². The summed E-state index contributed by atoms with van der Waals surface area (Å²) in [6.45, 7) is 2.01. The number of fused-ring (bicyclic) bond motifs is 2. The molecule has 0 bridgehead atoms. The lowest BCUT2D eigenvalue weighted by atomic mass is 9.90. The van der Waals surface area contributed by atoms with Gasteiger partial charge in [-0.3, -0.25) is 9.69 Å². The average Bonchev–Trinajstić information content (AvgIpc) is 3.45. The number of aromatic nitrogens is 2. The molecule has 1 aliphatic heterocycles. The molecule has 1 spiro atoms. The second-order valence-electron chi connectivity index (χ2n) is 11.1.